The zero-order chi connectivity index (χ0) is 21.2. The molecule has 0 amide bonds. The van der Waals surface area contributed by atoms with E-state index in [0.29, 0.717) is 0 Å². The smallest absolute Gasteiger partial charge is 0.375 e. The molecule has 0 aliphatic rings. The molecular weight excluding hydrogens is 437 g/mol. The molecule has 0 aliphatic heterocycles. The Kier molecular flexibility index (Phi) is 7.85. The lowest BCUT2D eigenvalue weighted by Crippen LogP contribution is -2.60. The molecule has 0 spiro atoms. The van der Waals surface area contributed by atoms with Crippen molar-refractivity contribution in [2.45, 2.75) is 55.8 Å². The first-order valence-corrected chi connectivity index (χ1v) is 10.9. The zero-order valence-corrected chi connectivity index (χ0v) is 14.9. The number of ether oxygens (including phenoxy) is 2. The van der Waals surface area contributed by atoms with Crippen LogP contribution in [-0.4, -0.2) is 50.8 Å². The Morgan fingerprint density at radius 3 is 1.62 bits per heavy atom. The summed E-state index contributed by atoms with van der Waals surface area (Å²) < 4.78 is 145. The quantitative estimate of drug-likeness (QED) is 0.189. The summed E-state index contributed by atoms with van der Waals surface area (Å²) in [5.41, 5.74) is 0. The number of hydrogen-bond donors (Lipinski definition) is 0. The van der Waals surface area contributed by atoms with Gasteiger partial charge in [-0.05, 0) is 12.5 Å². The fourth-order valence-corrected chi connectivity index (χ4v) is 2.79. The third-order valence-electron chi connectivity index (χ3n) is 2.78. The van der Waals surface area contributed by atoms with E-state index in [2.05, 4.69) is 9.47 Å². The molecule has 0 heterocycles. The van der Waals surface area contributed by atoms with Gasteiger partial charge in [-0.2, -0.15) is 59.4 Å². The van der Waals surface area contributed by atoms with Crippen LogP contribution in [0.15, 0.2) is 0 Å². The maximum atomic E-state index is 13.7. The summed E-state index contributed by atoms with van der Waals surface area (Å²) in [6.07, 6.45) is -20.2. The first kappa shape index (κ1) is 25.7. The standard InChI is InChI=1S/C11H14ClF11O2Si/c1-26(2,12)5-3-4-24-6-7(13,9(16,17)18)25-11(22,23)8(14,15)10(19,20)21/h3-6H2,1-2H3. The highest BCUT2D eigenvalue weighted by Gasteiger charge is 2.78. The van der Waals surface area contributed by atoms with Gasteiger partial charge in [0.05, 0.1) is 0 Å². The van der Waals surface area contributed by atoms with E-state index >= 15 is 0 Å². The van der Waals surface area contributed by atoms with Gasteiger partial charge in [0.15, 0.2) is 7.38 Å². The lowest BCUT2D eigenvalue weighted by molar-refractivity contribution is -0.486. The van der Waals surface area contributed by atoms with Crippen molar-refractivity contribution in [3.8, 4) is 0 Å². The molecule has 2 nitrogen and oxygen atoms in total. The first-order valence-electron chi connectivity index (χ1n) is 6.71. The lowest BCUT2D eigenvalue weighted by atomic mass is 10.2. The second-order valence-electron chi connectivity index (χ2n) is 5.79. The topological polar surface area (TPSA) is 18.5 Å². The van der Waals surface area contributed by atoms with Gasteiger partial charge in [0.2, 0.25) is 0 Å². The van der Waals surface area contributed by atoms with Gasteiger partial charge in [0, 0.05) is 6.61 Å². The molecule has 15 heteroatoms. The van der Waals surface area contributed by atoms with E-state index in [0.717, 1.165) is 0 Å². The molecule has 0 aromatic heterocycles. The van der Waals surface area contributed by atoms with Crippen LogP contribution in [0.2, 0.25) is 19.1 Å². The normalized spacial score (nSPS) is 17.3. The van der Waals surface area contributed by atoms with Crippen LogP contribution in [-0.2, 0) is 9.47 Å². The van der Waals surface area contributed by atoms with Crippen molar-refractivity contribution in [3.05, 3.63) is 0 Å². The van der Waals surface area contributed by atoms with Crippen LogP contribution in [0.5, 0.6) is 0 Å². The Balaban J connectivity index is 5.21. The van der Waals surface area contributed by atoms with Crippen LogP contribution in [0.25, 0.3) is 0 Å². The number of rotatable bonds is 9. The van der Waals surface area contributed by atoms with Crippen LogP contribution in [0.3, 0.4) is 0 Å². The van der Waals surface area contributed by atoms with Crippen LogP contribution in [0.1, 0.15) is 6.42 Å². The predicted molar refractivity (Wildman–Crippen MR) is 70.5 cm³/mol. The number of alkyl halides is 11. The van der Waals surface area contributed by atoms with E-state index in [4.69, 9.17) is 11.1 Å². The summed E-state index contributed by atoms with van der Waals surface area (Å²) in [6.45, 7) is 0.277. The Morgan fingerprint density at radius 1 is 0.808 bits per heavy atom. The first-order chi connectivity index (χ1) is 11.2. The molecule has 0 N–H and O–H groups in total. The highest BCUT2D eigenvalue weighted by molar-refractivity contribution is 7.19. The van der Waals surface area contributed by atoms with Gasteiger partial charge in [-0.15, -0.1) is 0 Å². The monoisotopic (exact) mass is 450 g/mol. The molecule has 158 valence electrons. The van der Waals surface area contributed by atoms with Gasteiger partial charge in [-0.3, -0.25) is 4.74 Å². The predicted octanol–water partition coefficient (Wildman–Crippen LogP) is 5.87. The minimum atomic E-state index is -7.07. The van der Waals surface area contributed by atoms with Gasteiger partial charge >= 0.3 is 30.2 Å². The molecule has 0 bridgehead atoms. The summed E-state index contributed by atoms with van der Waals surface area (Å²) in [4.78, 5) is 0. The summed E-state index contributed by atoms with van der Waals surface area (Å²) >= 11 is 5.87. The Bertz CT molecular complexity index is 461. The Hall–Kier alpha value is -0.343. The second kappa shape index (κ2) is 7.95. The molecule has 26 heavy (non-hydrogen) atoms. The fourth-order valence-electron chi connectivity index (χ4n) is 1.40. The molecule has 0 radical (unpaired) electrons. The minimum Gasteiger partial charge on any atom is -0.375 e. The maximum absolute atomic E-state index is 13.7. The summed E-state index contributed by atoms with van der Waals surface area (Å²) in [7, 11) is -2.17. The van der Waals surface area contributed by atoms with Crippen molar-refractivity contribution < 1.29 is 57.8 Å². The van der Waals surface area contributed by atoms with Crippen molar-refractivity contribution in [1.29, 1.82) is 0 Å². The van der Waals surface area contributed by atoms with Gasteiger partial charge in [-0.1, -0.05) is 13.1 Å². The molecule has 0 aliphatic carbocycles. The SMILES string of the molecule is C[Si](C)(Cl)CCCOCC(F)(OC(F)(F)C(F)(F)C(F)(F)F)C(F)(F)F. The molecule has 1 unspecified atom stereocenters. The Labute approximate surface area is 146 Å². The van der Waals surface area contributed by atoms with Crippen molar-refractivity contribution >= 4 is 18.5 Å². The maximum Gasteiger partial charge on any atom is 0.462 e. The van der Waals surface area contributed by atoms with Gasteiger partial charge in [-0.25, -0.2) is 0 Å². The van der Waals surface area contributed by atoms with Crippen molar-refractivity contribution in [2.75, 3.05) is 13.2 Å². The zero-order valence-electron chi connectivity index (χ0n) is 13.2. The molecule has 0 aromatic rings. The van der Waals surface area contributed by atoms with Crippen LogP contribution < -0.4 is 0 Å². The van der Waals surface area contributed by atoms with E-state index < -0.39 is 50.8 Å². The molecule has 0 saturated carbocycles. The number of halogens is 12. The largest absolute Gasteiger partial charge is 0.462 e. The van der Waals surface area contributed by atoms with Crippen molar-refractivity contribution in [1.82, 2.24) is 0 Å². The van der Waals surface area contributed by atoms with Gasteiger partial charge < -0.3 is 4.74 Å². The number of hydrogen-bond acceptors (Lipinski definition) is 2. The van der Waals surface area contributed by atoms with Crippen LogP contribution >= 0.6 is 11.1 Å². The van der Waals surface area contributed by atoms with E-state index in [1.54, 1.807) is 13.1 Å². The summed E-state index contributed by atoms with van der Waals surface area (Å²) in [6, 6.07) is 0.267. The van der Waals surface area contributed by atoms with Crippen molar-refractivity contribution in [2.24, 2.45) is 0 Å². The molecule has 0 aromatic carbocycles. The molecule has 0 rings (SSSR count). The highest BCUT2D eigenvalue weighted by Crippen LogP contribution is 2.50. The second-order valence-corrected chi connectivity index (χ2v) is 12.8. The third-order valence-corrected chi connectivity index (χ3v) is 4.89. The average Bonchev–Trinajstić information content (AvgIpc) is 2.33. The van der Waals surface area contributed by atoms with E-state index in [9.17, 15) is 48.3 Å². The third kappa shape index (κ3) is 6.67. The minimum absolute atomic E-state index is 0.0221. The van der Waals surface area contributed by atoms with Crippen molar-refractivity contribution in [3.63, 3.8) is 0 Å². The fraction of sp³-hybridized carbons (Fsp3) is 1.00. The lowest BCUT2D eigenvalue weighted by Gasteiger charge is -2.34. The van der Waals surface area contributed by atoms with Gasteiger partial charge in [0.1, 0.15) is 6.61 Å². The highest BCUT2D eigenvalue weighted by atomic mass is 35.6. The Morgan fingerprint density at radius 2 is 1.27 bits per heavy atom. The van der Waals surface area contributed by atoms with E-state index in [1.807, 2.05) is 0 Å². The van der Waals surface area contributed by atoms with Gasteiger partial charge in [0.25, 0.3) is 0 Å². The van der Waals surface area contributed by atoms with E-state index in [1.165, 1.54) is 0 Å². The summed E-state index contributed by atoms with van der Waals surface area (Å²) in [5, 5.41) is 0. The molecular formula is C11H14ClF11O2Si. The van der Waals surface area contributed by atoms with E-state index in [-0.39, 0.29) is 12.5 Å². The summed E-state index contributed by atoms with van der Waals surface area (Å²) in [5.74, 6) is -12.7. The average molecular weight is 451 g/mol. The molecule has 0 fully saturated rings. The molecule has 1 atom stereocenters. The van der Waals surface area contributed by atoms with Crippen LogP contribution in [0, 0.1) is 0 Å². The molecule has 0 saturated heterocycles. The van der Waals surface area contributed by atoms with Crippen LogP contribution in [0.4, 0.5) is 48.3 Å².